The molecule has 4 heteroatoms. The molecule has 0 saturated carbocycles. The molecule has 4 nitrogen and oxygen atoms in total. The van der Waals surface area contributed by atoms with Gasteiger partial charge >= 0.3 is 0 Å². The Hall–Kier alpha value is -1.10. The highest BCUT2D eigenvalue weighted by molar-refractivity contribution is 5.27. The third-order valence-corrected chi connectivity index (χ3v) is 3.51. The molecule has 0 aromatic heterocycles. The second-order valence-electron chi connectivity index (χ2n) is 5.41. The van der Waals surface area contributed by atoms with Gasteiger partial charge in [-0.15, -0.1) is 0 Å². The summed E-state index contributed by atoms with van der Waals surface area (Å²) < 4.78 is 5.70. The van der Waals surface area contributed by atoms with Crippen molar-refractivity contribution >= 4 is 0 Å². The SMILES string of the molecule is CN(CCO)CCc1ccc(OCCCCCCO)cc1. The van der Waals surface area contributed by atoms with Gasteiger partial charge in [0.1, 0.15) is 5.75 Å². The summed E-state index contributed by atoms with van der Waals surface area (Å²) >= 11 is 0. The molecule has 0 saturated heterocycles. The molecule has 0 bridgehead atoms. The fraction of sp³-hybridized carbons (Fsp3) is 0.647. The van der Waals surface area contributed by atoms with Crippen molar-refractivity contribution in [2.75, 3.05) is 40.0 Å². The monoisotopic (exact) mass is 295 g/mol. The van der Waals surface area contributed by atoms with Crippen LogP contribution < -0.4 is 4.74 Å². The Labute approximate surface area is 128 Å². The maximum absolute atomic E-state index is 8.85. The number of rotatable bonds is 12. The van der Waals surface area contributed by atoms with E-state index in [4.69, 9.17) is 14.9 Å². The zero-order chi connectivity index (χ0) is 15.3. The van der Waals surface area contributed by atoms with E-state index >= 15 is 0 Å². The van der Waals surface area contributed by atoms with Gasteiger partial charge in [-0.05, 0) is 50.4 Å². The normalized spacial score (nSPS) is 11.0. The maximum atomic E-state index is 8.85. The average Bonchev–Trinajstić information content (AvgIpc) is 2.50. The Bertz CT molecular complexity index is 354. The molecule has 0 aliphatic carbocycles. The van der Waals surface area contributed by atoms with Crippen LogP contribution in [-0.4, -0.2) is 55.1 Å². The Balaban J connectivity index is 2.18. The molecule has 120 valence electrons. The van der Waals surface area contributed by atoms with Crippen molar-refractivity contribution in [2.45, 2.75) is 32.1 Å². The van der Waals surface area contributed by atoms with Gasteiger partial charge in [-0.2, -0.15) is 0 Å². The molecule has 1 rings (SSSR count). The second-order valence-corrected chi connectivity index (χ2v) is 5.41. The highest BCUT2D eigenvalue weighted by Crippen LogP contribution is 2.13. The molecule has 1 aromatic rings. The fourth-order valence-corrected chi connectivity index (χ4v) is 2.11. The summed E-state index contributed by atoms with van der Waals surface area (Å²) in [6, 6.07) is 8.26. The lowest BCUT2D eigenvalue weighted by Gasteiger charge is -2.14. The molecule has 0 atom stereocenters. The van der Waals surface area contributed by atoms with Gasteiger partial charge in [0.25, 0.3) is 0 Å². The predicted molar refractivity (Wildman–Crippen MR) is 85.8 cm³/mol. The molecule has 0 amide bonds. The van der Waals surface area contributed by atoms with Crippen molar-refractivity contribution in [1.82, 2.24) is 4.90 Å². The molecule has 0 fully saturated rings. The molecular formula is C17H29NO3. The zero-order valence-corrected chi connectivity index (χ0v) is 13.1. The van der Waals surface area contributed by atoms with Crippen molar-refractivity contribution in [3.63, 3.8) is 0 Å². The smallest absolute Gasteiger partial charge is 0.119 e. The zero-order valence-electron chi connectivity index (χ0n) is 13.1. The molecule has 0 unspecified atom stereocenters. The Kier molecular flexibility index (Phi) is 9.87. The number of ether oxygens (including phenoxy) is 1. The first-order valence-electron chi connectivity index (χ1n) is 7.88. The van der Waals surface area contributed by atoms with E-state index in [2.05, 4.69) is 17.0 Å². The van der Waals surface area contributed by atoms with Gasteiger partial charge in [0.05, 0.1) is 13.2 Å². The minimum absolute atomic E-state index is 0.210. The third kappa shape index (κ3) is 8.71. The minimum Gasteiger partial charge on any atom is -0.494 e. The van der Waals surface area contributed by atoms with Gasteiger partial charge in [-0.1, -0.05) is 18.6 Å². The molecule has 0 heterocycles. The van der Waals surface area contributed by atoms with Crippen LogP contribution in [0.25, 0.3) is 0 Å². The Morgan fingerprint density at radius 3 is 2.29 bits per heavy atom. The second kappa shape index (κ2) is 11.5. The predicted octanol–water partition coefficient (Wildman–Crippen LogP) is 2.08. The molecule has 2 N–H and O–H groups in total. The lowest BCUT2D eigenvalue weighted by molar-refractivity contribution is 0.223. The van der Waals surface area contributed by atoms with Crippen LogP contribution >= 0.6 is 0 Å². The lowest BCUT2D eigenvalue weighted by atomic mass is 10.1. The first-order chi connectivity index (χ1) is 10.3. The van der Waals surface area contributed by atoms with Gasteiger partial charge in [0.15, 0.2) is 0 Å². The molecular weight excluding hydrogens is 266 g/mol. The molecule has 21 heavy (non-hydrogen) atoms. The Morgan fingerprint density at radius 1 is 0.905 bits per heavy atom. The van der Waals surface area contributed by atoms with Gasteiger partial charge in [0.2, 0.25) is 0 Å². The summed E-state index contributed by atoms with van der Waals surface area (Å²) in [5, 5.41) is 17.5. The van der Waals surface area contributed by atoms with Crippen molar-refractivity contribution in [3.05, 3.63) is 29.8 Å². The standard InChI is InChI=1S/C17H29NO3/c1-18(12-14-20)11-10-16-6-8-17(9-7-16)21-15-5-3-2-4-13-19/h6-9,19-20H,2-5,10-15H2,1H3. The summed E-state index contributed by atoms with van der Waals surface area (Å²) in [7, 11) is 2.02. The van der Waals surface area contributed by atoms with E-state index < -0.39 is 0 Å². The fourth-order valence-electron chi connectivity index (χ4n) is 2.11. The van der Waals surface area contributed by atoms with Crippen LogP contribution in [0.2, 0.25) is 0 Å². The number of hydrogen-bond donors (Lipinski definition) is 2. The summed E-state index contributed by atoms with van der Waals surface area (Å²) in [5.74, 6) is 0.921. The van der Waals surface area contributed by atoms with Crippen molar-refractivity contribution < 1.29 is 14.9 Å². The van der Waals surface area contributed by atoms with Gasteiger partial charge in [0, 0.05) is 19.7 Å². The Morgan fingerprint density at radius 2 is 1.62 bits per heavy atom. The van der Waals surface area contributed by atoms with Crippen LogP contribution in [0.15, 0.2) is 24.3 Å². The van der Waals surface area contributed by atoms with E-state index in [9.17, 15) is 0 Å². The largest absolute Gasteiger partial charge is 0.494 e. The number of nitrogens with zero attached hydrogens (tertiary/aromatic N) is 1. The van der Waals surface area contributed by atoms with E-state index in [-0.39, 0.29) is 13.2 Å². The summed E-state index contributed by atoms with van der Waals surface area (Å²) in [4.78, 5) is 2.12. The van der Waals surface area contributed by atoms with Crippen LogP contribution in [-0.2, 0) is 6.42 Å². The van der Waals surface area contributed by atoms with Crippen LogP contribution in [0.3, 0.4) is 0 Å². The van der Waals surface area contributed by atoms with E-state index in [1.807, 2.05) is 19.2 Å². The van der Waals surface area contributed by atoms with Gasteiger partial charge < -0.3 is 19.8 Å². The summed E-state index contributed by atoms with van der Waals surface area (Å²) in [6.45, 7) is 2.91. The van der Waals surface area contributed by atoms with Crippen LogP contribution in [0, 0.1) is 0 Å². The maximum Gasteiger partial charge on any atom is 0.119 e. The highest BCUT2D eigenvalue weighted by Gasteiger charge is 2.00. The van der Waals surface area contributed by atoms with Crippen LogP contribution in [0.5, 0.6) is 5.75 Å². The number of likely N-dealkylation sites (N-methyl/N-ethyl adjacent to an activating group) is 1. The van der Waals surface area contributed by atoms with Crippen molar-refractivity contribution in [3.8, 4) is 5.75 Å². The average molecular weight is 295 g/mol. The van der Waals surface area contributed by atoms with Gasteiger partial charge in [-0.25, -0.2) is 0 Å². The van der Waals surface area contributed by atoms with E-state index in [0.717, 1.165) is 57.6 Å². The van der Waals surface area contributed by atoms with E-state index in [1.165, 1.54) is 5.56 Å². The first kappa shape index (κ1) is 18.0. The molecule has 0 radical (unpaired) electrons. The summed E-state index contributed by atoms with van der Waals surface area (Å²) in [6.07, 6.45) is 5.08. The third-order valence-electron chi connectivity index (χ3n) is 3.51. The van der Waals surface area contributed by atoms with Crippen molar-refractivity contribution in [2.24, 2.45) is 0 Å². The van der Waals surface area contributed by atoms with Crippen LogP contribution in [0.4, 0.5) is 0 Å². The molecule has 0 aliphatic rings. The van der Waals surface area contributed by atoms with Gasteiger partial charge in [-0.3, -0.25) is 0 Å². The molecule has 0 aliphatic heterocycles. The minimum atomic E-state index is 0.210. The lowest BCUT2D eigenvalue weighted by Crippen LogP contribution is -2.24. The number of aliphatic hydroxyl groups is 2. The number of unbranched alkanes of at least 4 members (excludes halogenated alkanes) is 3. The van der Waals surface area contributed by atoms with E-state index in [0.29, 0.717) is 0 Å². The van der Waals surface area contributed by atoms with Crippen molar-refractivity contribution in [1.29, 1.82) is 0 Å². The number of benzene rings is 1. The summed E-state index contributed by atoms with van der Waals surface area (Å²) in [5.41, 5.74) is 1.29. The molecule has 1 aromatic carbocycles. The van der Waals surface area contributed by atoms with E-state index in [1.54, 1.807) is 0 Å². The topological polar surface area (TPSA) is 52.9 Å². The number of aliphatic hydroxyl groups excluding tert-OH is 2. The number of hydrogen-bond acceptors (Lipinski definition) is 4. The molecule has 0 spiro atoms. The quantitative estimate of drug-likeness (QED) is 0.580. The highest BCUT2D eigenvalue weighted by atomic mass is 16.5. The van der Waals surface area contributed by atoms with Crippen LogP contribution in [0.1, 0.15) is 31.2 Å². The first-order valence-corrected chi connectivity index (χ1v) is 7.88.